The van der Waals surface area contributed by atoms with Crippen molar-refractivity contribution in [3.8, 4) is 0 Å². The van der Waals surface area contributed by atoms with Crippen molar-refractivity contribution in [2.24, 2.45) is 0 Å². The van der Waals surface area contributed by atoms with Gasteiger partial charge in [0.15, 0.2) is 0 Å². The summed E-state index contributed by atoms with van der Waals surface area (Å²) in [5, 5.41) is 0. The molecule has 16 heavy (non-hydrogen) atoms. The van der Waals surface area contributed by atoms with E-state index in [1.165, 1.54) is 25.5 Å². The molecule has 1 rings (SSSR count). The number of pyridine rings is 1. The Morgan fingerprint density at radius 1 is 1.56 bits per heavy atom. The van der Waals surface area contributed by atoms with Gasteiger partial charge in [-0.15, -0.1) is 0 Å². The van der Waals surface area contributed by atoms with E-state index >= 15 is 0 Å². The number of aromatic amines is 1. The van der Waals surface area contributed by atoms with Crippen LogP contribution in [0, 0.1) is 0 Å². The van der Waals surface area contributed by atoms with Crippen LogP contribution in [0.1, 0.15) is 6.92 Å². The van der Waals surface area contributed by atoms with Gasteiger partial charge in [0.05, 0.1) is 0 Å². The van der Waals surface area contributed by atoms with E-state index in [-0.39, 0.29) is 11.4 Å². The molecule has 0 unspecified atom stereocenters. The first-order chi connectivity index (χ1) is 7.35. The van der Waals surface area contributed by atoms with Gasteiger partial charge in [-0.25, -0.2) is 8.42 Å². The second kappa shape index (κ2) is 4.63. The minimum absolute atomic E-state index is 0.191. The van der Waals surface area contributed by atoms with E-state index in [0.717, 1.165) is 4.31 Å². The van der Waals surface area contributed by atoms with Crippen LogP contribution in [0.4, 0.5) is 0 Å². The number of aromatic nitrogens is 1. The molecule has 6 heteroatoms. The maximum atomic E-state index is 12.0. The molecule has 0 atom stereocenters. The molecular weight excluding hydrogens is 228 g/mol. The second-order valence-electron chi connectivity index (χ2n) is 3.59. The molecule has 0 saturated heterocycles. The molecule has 88 valence electrons. The molecule has 0 radical (unpaired) electrons. The molecule has 0 amide bonds. The molecule has 5 nitrogen and oxygen atoms in total. The predicted molar refractivity (Wildman–Crippen MR) is 61.7 cm³/mol. The van der Waals surface area contributed by atoms with Crippen molar-refractivity contribution in [1.82, 2.24) is 9.29 Å². The molecular formula is C10H14N2O3S. The first kappa shape index (κ1) is 12.7. The van der Waals surface area contributed by atoms with Gasteiger partial charge >= 0.3 is 0 Å². The van der Waals surface area contributed by atoms with Gasteiger partial charge in [-0.05, 0) is 6.92 Å². The highest BCUT2D eigenvalue weighted by molar-refractivity contribution is 7.89. The summed E-state index contributed by atoms with van der Waals surface area (Å²) < 4.78 is 25.0. The third-order valence-electron chi connectivity index (χ3n) is 1.97. The van der Waals surface area contributed by atoms with Gasteiger partial charge in [0, 0.05) is 32.1 Å². The Morgan fingerprint density at radius 2 is 2.19 bits per heavy atom. The van der Waals surface area contributed by atoms with Crippen molar-refractivity contribution in [3.05, 3.63) is 40.8 Å². The normalized spacial score (nSPS) is 11.7. The zero-order valence-electron chi connectivity index (χ0n) is 9.23. The zero-order chi connectivity index (χ0) is 12.3. The van der Waals surface area contributed by atoms with Gasteiger partial charge in [-0.3, -0.25) is 4.79 Å². The molecule has 0 fully saturated rings. The van der Waals surface area contributed by atoms with Gasteiger partial charge in [0.25, 0.3) is 0 Å². The summed E-state index contributed by atoms with van der Waals surface area (Å²) >= 11 is 0. The number of hydrogen-bond donors (Lipinski definition) is 1. The summed E-state index contributed by atoms with van der Waals surface area (Å²) in [6.07, 6.45) is 2.58. The Kier molecular flexibility index (Phi) is 3.66. The molecule has 0 aliphatic carbocycles. The van der Waals surface area contributed by atoms with Crippen LogP contribution in [0.5, 0.6) is 0 Å². The number of rotatable bonds is 4. The summed E-state index contributed by atoms with van der Waals surface area (Å²) in [7, 11) is -2.32. The van der Waals surface area contributed by atoms with Crippen LogP contribution in [0.15, 0.2) is 40.3 Å². The topological polar surface area (TPSA) is 70.2 Å². The molecule has 0 aromatic carbocycles. The van der Waals surface area contributed by atoms with Crippen molar-refractivity contribution in [2.45, 2.75) is 11.8 Å². The predicted octanol–water partition coefficient (Wildman–Crippen LogP) is 0.572. The maximum Gasteiger partial charge on any atom is 0.248 e. The standard InChI is InChI=1S/C10H14N2O3S/c1-8(2)7-12(3)16(14,15)10-6-11-5-4-9(10)13/h4-6H,1,7H2,2-3H3,(H,11,13). The number of likely N-dealkylation sites (N-methyl/N-ethyl adjacent to an activating group) is 1. The molecule has 1 aromatic rings. The Labute approximate surface area is 94.5 Å². The largest absolute Gasteiger partial charge is 0.366 e. The summed E-state index contributed by atoms with van der Waals surface area (Å²) in [5.41, 5.74) is 0.186. The quantitative estimate of drug-likeness (QED) is 0.785. The van der Waals surface area contributed by atoms with Crippen LogP contribution in [0.2, 0.25) is 0 Å². The number of sulfonamides is 1. The third-order valence-corrected chi connectivity index (χ3v) is 3.79. The average molecular weight is 242 g/mol. The highest BCUT2D eigenvalue weighted by Crippen LogP contribution is 2.09. The first-order valence-electron chi connectivity index (χ1n) is 4.63. The lowest BCUT2D eigenvalue weighted by Crippen LogP contribution is -2.31. The third kappa shape index (κ3) is 2.59. The van der Waals surface area contributed by atoms with E-state index in [4.69, 9.17) is 0 Å². The lowest BCUT2D eigenvalue weighted by atomic mass is 10.4. The van der Waals surface area contributed by atoms with E-state index in [1.807, 2.05) is 0 Å². The van der Waals surface area contributed by atoms with Crippen molar-refractivity contribution in [2.75, 3.05) is 13.6 Å². The SMILES string of the molecule is C=C(C)CN(C)S(=O)(=O)c1c[nH]ccc1=O. The van der Waals surface area contributed by atoms with E-state index in [0.29, 0.717) is 5.57 Å². The van der Waals surface area contributed by atoms with Gasteiger partial charge < -0.3 is 4.98 Å². The van der Waals surface area contributed by atoms with Gasteiger partial charge in [0.2, 0.25) is 15.5 Å². The van der Waals surface area contributed by atoms with E-state index < -0.39 is 15.5 Å². The van der Waals surface area contributed by atoms with Crippen LogP contribution < -0.4 is 5.43 Å². The molecule has 0 bridgehead atoms. The average Bonchev–Trinajstić information content (AvgIpc) is 2.16. The molecule has 0 spiro atoms. The minimum atomic E-state index is -3.74. The monoisotopic (exact) mass is 242 g/mol. The van der Waals surface area contributed by atoms with Crippen LogP contribution in [-0.2, 0) is 10.0 Å². The highest BCUT2D eigenvalue weighted by atomic mass is 32.2. The first-order valence-corrected chi connectivity index (χ1v) is 6.07. The molecule has 1 N–H and O–H groups in total. The highest BCUT2D eigenvalue weighted by Gasteiger charge is 2.23. The smallest absolute Gasteiger partial charge is 0.248 e. The molecule has 1 heterocycles. The van der Waals surface area contributed by atoms with Gasteiger partial charge in [-0.2, -0.15) is 4.31 Å². The maximum absolute atomic E-state index is 12.0. The fraction of sp³-hybridized carbons (Fsp3) is 0.300. The van der Waals surface area contributed by atoms with Crippen LogP contribution >= 0.6 is 0 Å². The molecule has 0 aliphatic heterocycles. The number of hydrogen-bond acceptors (Lipinski definition) is 3. The summed E-state index contributed by atoms with van der Waals surface area (Å²) in [4.78, 5) is 13.7. The zero-order valence-corrected chi connectivity index (χ0v) is 10.0. The minimum Gasteiger partial charge on any atom is -0.366 e. The van der Waals surface area contributed by atoms with Crippen molar-refractivity contribution in [3.63, 3.8) is 0 Å². The fourth-order valence-corrected chi connectivity index (χ4v) is 2.50. The lowest BCUT2D eigenvalue weighted by Gasteiger charge is -2.16. The molecule has 0 saturated carbocycles. The molecule has 1 aromatic heterocycles. The summed E-state index contributed by atoms with van der Waals surface area (Å²) in [5.74, 6) is 0. The Balaban J connectivity index is 3.18. The fourth-order valence-electron chi connectivity index (χ4n) is 1.24. The number of nitrogens with zero attached hydrogens (tertiary/aromatic N) is 1. The number of H-pyrrole nitrogens is 1. The van der Waals surface area contributed by atoms with E-state index in [9.17, 15) is 13.2 Å². The summed E-state index contributed by atoms with van der Waals surface area (Å²) in [6, 6.07) is 1.18. The van der Waals surface area contributed by atoms with Crippen LogP contribution in [0.3, 0.4) is 0 Å². The Hall–Kier alpha value is -1.40. The summed E-state index contributed by atoms with van der Waals surface area (Å²) in [6.45, 7) is 5.55. The van der Waals surface area contributed by atoms with Crippen molar-refractivity contribution in [1.29, 1.82) is 0 Å². The van der Waals surface area contributed by atoms with Gasteiger partial charge in [-0.1, -0.05) is 12.2 Å². The molecule has 0 aliphatic rings. The van der Waals surface area contributed by atoms with Gasteiger partial charge in [0.1, 0.15) is 4.90 Å². The number of nitrogens with one attached hydrogen (secondary N) is 1. The van der Waals surface area contributed by atoms with Crippen LogP contribution in [-0.4, -0.2) is 31.3 Å². The Bertz CT molecular complexity index is 545. The van der Waals surface area contributed by atoms with E-state index in [2.05, 4.69) is 11.6 Å². The second-order valence-corrected chi connectivity index (χ2v) is 5.60. The van der Waals surface area contributed by atoms with Crippen molar-refractivity contribution >= 4 is 10.0 Å². The lowest BCUT2D eigenvalue weighted by molar-refractivity contribution is 0.492. The van der Waals surface area contributed by atoms with Crippen LogP contribution in [0.25, 0.3) is 0 Å². The Morgan fingerprint density at radius 3 is 2.69 bits per heavy atom. The van der Waals surface area contributed by atoms with E-state index in [1.54, 1.807) is 6.92 Å². The van der Waals surface area contributed by atoms with Crippen molar-refractivity contribution < 1.29 is 8.42 Å².